The van der Waals surface area contributed by atoms with E-state index in [1.807, 2.05) is 13.0 Å². The first kappa shape index (κ1) is 35.9. The minimum Gasteiger partial charge on any atom is -0.481 e. The Morgan fingerprint density at radius 1 is 0.878 bits per heavy atom. The summed E-state index contributed by atoms with van der Waals surface area (Å²) in [5.74, 6) is -1.68. The molecule has 2 bridgehead atoms. The van der Waals surface area contributed by atoms with Crippen molar-refractivity contribution in [2.75, 3.05) is 6.61 Å². The van der Waals surface area contributed by atoms with E-state index in [4.69, 9.17) is 4.74 Å². The number of carbonyl (C=O) groups is 1. The van der Waals surface area contributed by atoms with Crippen LogP contribution in [-0.2, 0) is 16.0 Å². The van der Waals surface area contributed by atoms with Crippen LogP contribution in [0.1, 0.15) is 143 Å². The lowest BCUT2D eigenvalue weighted by Gasteiger charge is -2.78. The number of rotatable bonds is 9. The third kappa shape index (κ3) is 4.48. The Balaban J connectivity index is 1.36. The fourth-order valence-corrected chi connectivity index (χ4v) is 15.2. The minimum atomic E-state index is -1.42. The van der Waals surface area contributed by atoms with Gasteiger partial charge in [-0.1, -0.05) is 90.6 Å². The molecule has 13 atom stereocenters. The molecule has 1 heterocycles. The Morgan fingerprint density at radius 2 is 1.57 bits per heavy atom. The number of hydrogen-bond acceptors (Lipinski definition) is 5. The molecule has 0 amide bonds. The van der Waals surface area contributed by atoms with Crippen molar-refractivity contribution in [1.82, 2.24) is 0 Å². The molecule has 0 aromatic heterocycles. The van der Waals surface area contributed by atoms with Gasteiger partial charge in [-0.15, -0.1) is 0 Å². The van der Waals surface area contributed by atoms with Gasteiger partial charge in [0.1, 0.15) is 0 Å². The molecular weight excluding hydrogens is 612 g/mol. The number of aliphatic hydroxyl groups is 3. The Bertz CT molecular complexity index is 1420. The third-order valence-electron chi connectivity index (χ3n) is 18.0. The number of ether oxygens (including phenoxy) is 1. The lowest BCUT2D eigenvalue weighted by atomic mass is 9.25. The summed E-state index contributed by atoms with van der Waals surface area (Å²) in [6.07, 6.45) is 13.9. The summed E-state index contributed by atoms with van der Waals surface area (Å²) >= 11 is 0. The van der Waals surface area contributed by atoms with E-state index in [1.54, 1.807) is 0 Å². The summed E-state index contributed by atoms with van der Waals surface area (Å²) in [6, 6.07) is 10.4. The topological polar surface area (TPSA) is 107 Å². The molecule has 5 aliphatic carbocycles. The molecule has 6 fully saturated rings. The second-order valence-electron chi connectivity index (χ2n) is 19.4. The highest BCUT2D eigenvalue weighted by molar-refractivity contribution is 5.74. The van der Waals surface area contributed by atoms with Gasteiger partial charge in [0, 0.05) is 23.2 Å². The number of benzene rings is 1. The van der Waals surface area contributed by atoms with E-state index >= 15 is 0 Å². The van der Waals surface area contributed by atoms with Gasteiger partial charge in [0.25, 0.3) is 0 Å². The molecule has 1 aromatic rings. The average Bonchev–Trinajstić information content (AvgIpc) is 3.20. The lowest BCUT2D eigenvalue weighted by molar-refractivity contribution is -0.336. The molecule has 5 saturated carbocycles. The molecule has 13 unspecified atom stereocenters. The maximum absolute atomic E-state index is 12.9. The Kier molecular flexibility index (Phi) is 8.63. The van der Waals surface area contributed by atoms with Crippen LogP contribution in [0.2, 0.25) is 0 Å². The quantitative estimate of drug-likeness (QED) is 0.195. The second kappa shape index (κ2) is 11.8. The van der Waals surface area contributed by atoms with Gasteiger partial charge in [0.05, 0.1) is 24.2 Å². The summed E-state index contributed by atoms with van der Waals surface area (Å²) < 4.78 is 6.76. The first-order valence-corrected chi connectivity index (χ1v) is 20.0. The van der Waals surface area contributed by atoms with Gasteiger partial charge in [0.15, 0.2) is 5.79 Å². The van der Waals surface area contributed by atoms with Crippen LogP contribution in [-0.4, -0.2) is 51.0 Å². The Labute approximate surface area is 295 Å². The van der Waals surface area contributed by atoms with E-state index < -0.39 is 34.1 Å². The molecule has 6 heteroatoms. The molecule has 1 aliphatic heterocycles. The number of carboxylic acid groups (broad SMARTS) is 1. The van der Waals surface area contributed by atoms with Crippen LogP contribution in [0.25, 0.3) is 0 Å². The largest absolute Gasteiger partial charge is 0.481 e. The third-order valence-corrected chi connectivity index (χ3v) is 18.0. The maximum atomic E-state index is 12.9. The highest BCUT2D eigenvalue weighted by atomic mass is 16.6. The molecule has 1 aromatic carbocycles. The summed E-state index contributed by atoms with van der Waals surface area (Å²) in [4.78, 5) is 12.9. The summed E-state index contributed by atoms with van der Waals surface area (Å²) in [5, 5.41) is 47.2. The summed E-state index contributed by atoms with van der Waals surface area (Å²) in [6.45, 7) is 13.8. The van der Waals surface area contributed by atoms with Crippen molar-refractivity contribution in [2.24, 2.45) is 55.7 Å². The maximum Gasteiger partial charge on any atom is 0.309 e. The van der Waals surface area contributed by atoms with Gasteiger partial charge in [0.2, 0.25) is 0 Å². The Morgan fingerprint density at radius 3 is 2.24 bits per heavy atom. The van der Waals surface area contributed by atoms with Crippen molar-refractivity contribution in [1.29, 1.82) is 0 Å². The molecular formula is C43H66O6. The van der Waals surface area contributed by atoms with Crippen molar-refractivity contribution in [3.63, 3.8) is 0 Å². The summed E-state index contributed by atoms with van der Waals surface area (Å²) in [7, 11) is 0. The van der Waals surface area contributed by atoms with Gasteiger partial charge in [-0.2, -0.15) is 0 Å². The van der Waals surface area contributed by atoms with Crippen LogP contribution in [0.3, 0.4) is 0 Å². The zero-order valence-corrected chi connectivity index (χ0v) is 31.4. The van der Waals surface area contributed by atoms with Crippen molar-refractivity contribution in [2.45, 2.75) is 162 Å². The first-order valence-electron chi connectivity index (χ1n) is 20.0. The van der Waals surface area contributed by atoms with Crippen molar-refractivity contribution in [3.8, 4) is 0 Å². The Hall–Kier alpha value is -1.47. The van der Waals surface area contributed by atoms with Crippen LogP contribution in [0.5, 0.6) is 0 Å². The van der Waals surface area contributed by atoms with Gasteiger partial charge >= 0.3 is 5.97 Å². The number of hydrogen-bond donors (Lipinski definition) is 4. The lowest BCUT2D eigenvalue weighted by Crippen LogP contribution is -2.77. The number of unbranched alkanes of at least 4 members (excludes halogenated alkanes) is 3. The second-order valence-corrected chi connectivity index (χ2v) is 19.4. The SMILES string of the molecule is CCCCCCC12CCC3(C)C(CCC45C(Cc6ccccc6)OC(O)(CC(O)C34CO)C5C)C1(C)CCC1(C)CCC(C)(C(=O)O)CC12. The van der Waals surface area contributed by atoms with Crippen molar-refractivity contribution < 1.29 is 30.0 Å². The van der Waals surface area contributed by atoms with E-state index in [0.29, 0.717) is 12.3 Å². The zero-order chi connectivity index (χ0) is 35.3. The van der Waals surface area contributed by atoms with Crippen LogP contribution < -0.4 is 0 Å². The fourth-order valence-electron chi connectivity index (χ4n) is 15.2. The van der Waals surface area contributed by atoms with Crippen LogP contribution in [0, 0.1) is 55.7 Å². The first-order chi connectivity index (χ1) is 23.1. The number of fused-ring (bicyclic) bond motifs is 7. The monoisotopic (exact) mass is 678 g/mol. The number of aliphatic hydroxyl groups excluding tert-OH is 2. The zero-order valence-electron chi connectivity index (χ0n) is 31.4. The van der Waals surface area contributed by atoms with Crippen molar-refractivity contribution in [3.05, 3.63) is 35.9 Å². The molecule has 274 valence electrons. The van der Waals surface area contributed by atoms with E-state index in [0.717, 1.165) is 69.8 Å². The van der Waals surface area contributed by atoms with Gasteiger partial charge in [-0.25, -0.2) is 0 Å². The standard InChI is InChI=1S/C43H66O6/c1-7-8-9-13-17-40-24-23-39(6)31(38(40,5)22-21-36(3)19-20-37(4,35(46)47)26-32(36)40)16-18-41-29(2)43(48,27-33(45)42(39,41)28-44)49-34(41)25-30-14-11-10-12-15-30/h10-12,14-15,29,31-34,44-45,48H,7-9,13,16-28H2,1-6H3,(H,46,47). The van der Waals surface area contributed by atoms with E-state index in [1.165, 1.54) is 25.7 Å². The van der Waals surface area contributed by atoms with Gasteiger partial charge in [-0.05, 0) is 117 Å². The predicted octanol–water partition coefficient (Wildman–Crippen LogP) is 8.55. The van der Waals surface area contributed by atoms with E-state index in [2.05, 4.69) is 58.9 Å². The number of aliphatic carboxylic acids is 1. The van der Waals surface area contributed by atoms with Gasteiger partial charge in [-0.3, -0.25) is 4.79 Å². The molecule has 6 aliphatic rings. The fraction of sp³-hybridized carbons (Fsp3) is 0.837. The summed E-state index contributed by atoms with van der Waals surface area (Å²) in [5.41, 5.74) is -1.24. The normalized spacial score (nSPS) is 51.7. The van der Waals surface area contributed by atoms with Crippen LogP contribution >= 0.6 is 0 Å². The molecule has 0 radical (unpaired) electrons. The van der Waals surface area contributed by atoms with Crippen LogP contribution in [0.4, 0.5) is 0 Å². The molecule has 6 nitrogen and oxygen atoms in total. The molecule has 1 spiro atoms. The molecule has 7 rings (SSSR count). The molecule has 49 heavy (non-hydrogen) atoms. The predicted molar refractivity (Wildman–Crippen MR) is 191 cm³/mol. The highest BCUT2D eigenvalue weighted by Crippen LogP contribution is 2.84. The average molecular weight is 679 g/mol. The number of carboxylic acids is 1. The van der Waals surface area contributed by atoms with Gasteiger partial charge < -0.3 is 25.2 Å². The molecule has 1 saturated heterocycles. The van der Waals surface area contributed by atoms with Crippen LogP contribution in [0.15, 0.2) is 30.3 Å². The van der Waals surface area contributed by atoms with E-state index in [9.17, 15) is 25.2 Å². The molecule has 4 N–H and O–H groups in total. The van der Waals surface area contributed by atoms with Crippen molar-refractivity contribution >= 4 is 5.97 Å². The minimum absolute atomic E-state index is 0.0117. The van der Waals surface area contributed by atoms with E-state index in [-0.39, 0.29) is 52.6 Å². The smallest absolute Gasteiger partial charge is 0.309 e. The highest BCUT2D eigenvalue weighted by Gasteiger charge is 2.83.